The molecular weight excluding hydrogens is 198 g/mol. The lowest BCUT2D eigenvalue weighted by atomic mass is 10.4. The molecule has 0 aromatic carbocycles. The number of hydrogen-bond donors (Lipinski definition) is 1. The quantitative estimate of drug-likeness (QED) is 0.448. The summed E-state index contributed by atoms with van der Waals surface area (Å²) >= 11 is 0. The van der Waals surface area contributed by atoms with E-state index in [1.807, 2.05) is 0 Å². The summed E-state index contributed by atoms with van der Waals surface area (Å²) in [6, 6.07) is 1.63. The van der Waals surface area contributed by atoms with Gasteiger partial charge >= 0.3 is 0 Å². The molecule has 74 valence electrons. The standard InChI is InChI=1S/C7H5N7O/c8-13-2-1-4-5(6(13)15)11-12-7-9-3-10-14(4)7/h1-3H,8H2. The summed E-state index contributed by atoms with van der Waals surface area (Å²) in [6.45, 7) is 0. The van der Waals surface area contributed by atoms with Crippen molar-refractivity contribution >= 4 is 16.8 Å². The molecule has 3 aromatic rings. The van der Waals surface area contributed by atoms with Crippen molar-refractivity contribution in [3.8, 4) is 0 Å². The van der Waals surface area contributed by atoms with Gasteiger partial charge in [0.15, 0.2) is 5.52 Å². The monoisotopic (exact) mass is 203 g/mol. The topological polar surface area (TPSA) is 104 Å². The maximum atomic E-state index is 11.6. The van der Waals surface area contributed by atoms with Crippen LogP contribution in [0, 0.1) is 0 Å². The minimum absolute atomic E-state index is 0.165. The van der Waals surface area contributed by atoms with Crippen molar-refractivity contribution in [2.24, 2.45) is 0 Å². The first-order valence-electron chi connectivity index (χ1n) is 4.10. The number of hydrogen-bond acceptors (Lipinski definition) is 6. The SMILES string of the molecule is Nn1ccc2c(nnc3ncnn32)c1=O. The Morgan fingerprint density at radius 2 is 2.20 bits per heavy atom. The van der Waals surface area contributed by atoms with Crippen molar-refractivity contribution in [2.75, 3.05) is 5.84 Å². The summed E-state index contributed by atoms with van der Waals surface area (Å²) in [7, 11) is 0. The lowest BCUT2D eigenvalue weighted by Crippen LogP contribution is -2.27. The zero-order chi connectivity index (χ0) is 10.4. The molecule has 3 heterocycles. The first-order chi connectivity index (χ1) is 7.27. The van der Waals surface area contributed by atoms with Crippen LogP contribution in [0.4, 0.5) is 0 Å². The van der Waals surface area contributed by atoms with E-state index in [0.29, 0.717) is 11.3 Å². The Bertz CT molecular complexity index is 712. The van der Waals surface area contributed by atoms with Gasteiger partial charge in [0, 0.05) is 6.20 Å². The maximum absolute atomic E-state index is 11.6. The van der Waals surface area contributed by atoms with Crippen LogP contribution >= 0.6 is 0 Å². The van der Waals surface area contributed by atoms with Crippen molar-refractivity contribution < 1.29 is 0 Å². The number of nitrogens with two attached hydrogens (primary N) is 1. The Morgan fingerprint density at radius 1 is 1.33 bits per heavy atom. The molecule has 3 rings (SSSR count). The van der Waals surface area contributed by atoms with Gasteiger partial charge in [-0.2, -0.15) is 14.6 Å². The van der Waals surface area contributed by atoms with Gasteiger partial charge in [-0.15, -0.1) is 10.2 Å². The van der Waals surface area contributed by atoms with Crippen LogP contribution in [0.15, 0.2) is 23.4 Å². The summed E-state index contributed by atoms with van der Waals surface area (Å²) in [6.07, 6.45) is 2.78. The molecule has 3 aromatic heterocycles. The van der Waals surface area contributed by atoms with E-state index in [0.717, 1.165) is 4.68 Å². The molecule has 0 radical (unpaired) electrons. The summed E-state index contributed by atoms with van der Waals surface area (Å²) in [5.41, 5.74) is 0.277. The molecule has 8 nitrogen and oxygen atoms in total. The number of nitrogen functional groups attached to an aromatic ring is 1. The largest absolute Gasteiger partial charge is 0.336 e. The molecule has 2 N–H and O–H groups in total. The van der Waals surface area contributed by atoms with Crippen molar-refractivity contribution in [2.45, 2.75) is 0 Å². The highest BCUT2D eigenvalue weighted by Crippen LogP contribution is 2.04. The molecule has 0 fully saturated rings. The van der Waals surface area contributed by atoms with E-state index >= 15 is 0 Å². The minimum atomic E-state index is -0.419. The Balaban J connectivity index is 2.66. The molecular formula is C7H5N7O. The van der Waals surface area contributed by atoms with Gasteiger partial charge in [0.1, 0.15) is 11.8 Å². The Morgan fingerprint density at radius 3 is 3.07 bits per heavy atom. The predicted octanol–water partition coefficient (Wildman–Crippen LogP) is -1.45. The van der Waals surface area contributed by atoms with Crippen LogP contribution in [-0.2, 0) is 0 Å². The molecule has 0 saturated heterocycles. The molecule has 8 heteroatoms. The van der Waals surface area contributed by atoms with Crippen LogP contribution in [0.3, 0.4) is 0 Å². The van der Waals surface area contributed by atoms with Gasteiger partial charge in [0.05, 0.1) is 0 Å². The highest BCUT2D eigenvalue weighted by molar-refractivity contribution is 5.74. The Hall–Kier alpha value is -2.51. The average Bonchev–Trinajstić information content (AvgIpc) is 2.71. The second-order valence-electron chi connectivity index (χ2n) is 2.93. The van der Waals surface area contributed by atoms with Crippen molar-refractivity contribution in [1.82, 2.24) is 29.5 Å². The van der Waals surface area contributed by atoms with Gasteiger partial charge in [0.2, 0.25) is 0 Å². The molecule has 0 saturated carbocycles. The van der Waals surface area contributed by atoms with Crippen LogP contribution in [0.1, 0.15) is 0 Å². The minimum Gasteiger partial charge on any atom is -0.336 e. The second-order valence-corrected chi connectivity index (χ2v) is 2.93. The fraction of sp³-hybridized carbons (Fsp3) is 0. The summed E-state index contributed by atoms with van der Waals surface area (Å²) in [5, 5.41) is 11.4. The second kappa shape index (κ2) is 2.50. The van der Waals surface area contributed by atoms with Gasteiger partial charge in [0.25, 0.3) is 11.3 Å². The smallest absolute Gasteiger partial charge is 0.298 e. The highest BCUT2D eigenvalue weighted by atomic mass is 16.1. The first kappa shape index (κ1) is 7.85. The van der Waals surface area contributed by atoms with E-state index in [1.165, 1.54) is 17.0 Å². The van der Waals surface area contributed by atoms with E-state index < -0.39 is 5.56 Å². The Kier molecular flexibility index (Phi) is 1.31. The maximum Gasteiger partial charge on any atom is 0.298 e. The number of nitrogens with zero attached hydrogens (tertiary/aromatic N) is 6. The summed E-state index contributed by atoms with van der Waals surface area (Å²) in [5.74, 6) is 5.74. The van der Waals surface area contributed by atoms with E-state index in [9.17, 15) is 4.79 Å². The average molecular weight is 203 g/mol. The summed E-state index contributed by atoms with van der Waals surface area (Å²) in [4.78, 5) is 15.4. The third-order valence-corrected chi connectivity index (χ3v) is 2.07. The van der Waals surface area contributed by atoms with Gasteiger partial charge in [-0.25, -0.2) is 4.68 Å². The fourth-order valence-corrected chi connectivity index (χ4v) is 1.36. The molecule has 0 atom stereocenters. The van der Waals surface area contributed by atoms with Gasteiger partial charge in [-0.1, -0.05) is 0 Å². The van der Waals surface area contributed by atoms with Gasteiger partial charge < -0.3 is 5.84 Å². The van der Waals surface area contributed by atoms with Gasteiger partial charge in [-0.05, 0) is 6.07 Å². The third kappa shape index (κ3) is 0.923. The number of pyridine rings is 1. The predicted molar refractivity (Wildman–Crippen MR) is 50.5 cm³/mol. The van der Waals surface area contributed by atoms with Crippen LogP contribution in [0.5, 0.6) is 0 Å². The summed E-state index contributed by atoms with van der Waals surface area (Å²) < 4.78 is 2.38. The molecule has 0 aliphatic heterocycles. The van der Waals surface area contributed by atoms with E-state index in [-0.39, 0.29) is 5.52 Å². The molecule has 15 heavy (non-hydrogen) atoms. The number of fused-ring (bicyclic) bond motifs is 3. The van der Waals surface area contributed by atoms with Crippen LogP contribution in [0.25, 0.3) is 16.8 Å². The van der Waals surface area contributed by atoms with E-state index in [2.05, 4.69) is 20.3 Å². The number of aromatic nitrogens is 6. The molecule has 0 bridgehead atoms. The fourth-order valence-electron chi connectivity index (χ4n) is 1.36. The third-order valence-electron chi connectivity index (χ3n) is 2.07. The Labute approximate surface area is 81.9 Å². The van der Waals surface area contributed by atoms with Crippen molar-refractivity contribution in [3.05, 3.63) is 28.9 Å². The lowest BCUT2D eigenvalue weighted by molar-refractivity contribution is 0.897. The lowest BCUT2D eigenvalue weighted by Gasteiger charge is -2.00. The molecule has 0 aliphatic carbocycles. The van der Waals surface area contributed by atoms with Crippen LogP contribution in [0.2, 0.25) is 0 Å². The first-order valence-corrected chi connectivity index (χ1v) is 4.10. The molecule has 0 spiro atoms. The normalized spacial score (nSPS) is 11.2. The highest BCUT2D eigenvalue weighted by Gasteiger charge is 2.08. The van der Waals surface area contributed by atoms with E-state index in [4.69, 9.17) is 5.84 Å². The van der Waals surface area contributed by atoms with Crippen molar-refractivity contribution in [3.63, 3.8) is 0 Å². The van der Waals surface area contributed by atoms with E-state index in [1.54, 1.807) is 6.07 Å². The molecule has 0 amide bonds. The molecule has 0 aliphatic rings. The van der Waals surface area contributed by atoms with Gasteiger partial charge in [-0.3, -0.25) is 4.79 Å². The zero-order valence-corrected chi connectivity index (χ0v) is 7.40. The molecule has 0 unspecified atom stereocenters. The zero-order valence-electron chi connectivity index (χ0n) is 7.40. The van der Waals surface area contributed by atoms with Crippen LogP contribution in [-0.4, -0.2) is 29.5 Å². The van der Waals surface area contributed by atoms with Crippen molar-refractivity contribution in [1.29, 1.82) is 0 Å². The van der Waals surface area contributed by atoms with Crippen LogP contribution < -0.4 is 11.4 Å². The number of rotatable bonds is 0.